The Morgan fingerprint density at radius 2 is 1.19 bits per heavy atom. The standard InChI is InChI=1S/C23H35ClN2O4.C18H27ClN2O2/c1-16(27)21-14-26(20(15-29-21)13-17-5-7-18(24)8-6-17)19-9-11-25(12-10-19)22(28)30-23(2,3)4;1-13(22)18-11-21(16-6-8-20-9-7-16)17(12-23-18)10-14-2-4-15(19)5-3-14/h5-8,16,19-21,27H,9-15H2,1-4H3;2-5,13,16-18,20,22H,6-12H2,1H3/t16?,20-,21+;13?,17-,18+/m00/s1. The van der Waals surface area contributed by atoms with Gasteiger partial charge in [0.2, 0.25) is 0 Å². The zero-order chi connectivity index (χ0) is 38.1. The number of ether oxygens (including phenoxy) is 3. The highest BCUT2D eigenvalue weighted by Crippen LogP contribution is 2.28. The first-order chi connectivity index (χ1) is 25.3. The fourth-order valence-corrected chi connectivity index (χ4v) is 8.19. The highest BCUT2D eigenvalue weighted by atomic mass is 35.5. The van der Waals surface area contributed by atoms with E-state index in [0.29, 0.717) is 51.0 Å². The molecule has 53 heavy (non-hydrogen) atoms. The third-order valence-corrected chi connectivity index (χ3v) is 11.4. The van der Waals surface area contributed by atoms with Gasteiger partial charge in [-0.05, 0) is 122 Å². The predicted molar refractivity (Wildman–Crippen MR) is 211 cm³/mol. The third-order valence-electron chi connectivity index (χ3n) is 10.9. The summed E-state index contributed by atoms with van der Waals surface area (Å²) in [7, 11) is 0. The number of aliphatic hydroxyl groups excluding tert-OH is 2. The zero-order valence-corrected chi connectivity index (χ0v) is 33.8. The Balaban J connectivity index is 0.000000211. The molecule has 296 valence electrons. The molecule has 0 radical (unpaired) electrons. The minimum atomic E-state index is -0.508. The number of aliphatic hydroxyl groups is 2. The largest absolute Gasteiger partial charge is 0.444 e. The van der Waals surface area contributed by atoms with Crippen LogP contribution in [0.15, 0.2) is 48.5 Å². The molecule has 1 amide bonds. The van der Waals surface area contributed by atoms with E-state index >= 15 is 0 Å². The van der Waals surface area contributed by atoms with Gasteiger partial charge >= 0.3 is 6.09 Å². The summed E-state index contributed by atoms with van der Waals surface area (Å²) >= 11 is 12.0. The Morgan fingerprint density at radius 1 is 0.774 bits per heavy atom. The number of likely N-dealkylation sites (tertiary alicyclic amines) is 1. The Hall–Kier alpha value is -1.99. The van der Waals surface area contributed by atoms with Crippen molar-refractivity contribution in [2.45, 2.75) is 127 Å². The van der Waals surface area contributed by atoms with Crippen LogP contribution in [0.2, 0.25) is 10.0 Å². The fourth-order valence-electron chi connectivity index (χ4n) is 7.94. The van der Waals surface area contributed by atoms with Gasteiger partial charge in [-0.3, -0.25) is 9.80 Å². The van der Waals surface area contributed by atoms with Crippen molar-refractivity contribution < 1.29 is 29.2 Å². The lowest BCUT2D eigenvalue weighted by Crippen LogP contribution is -2.59. The van der Waals surface area contributed by atoms with E-state index in [2.05, 4.69) is 39.4 Å². The molecule has 4 fully saturated rings. The number of nitrogens with zero attached hydrogens (tertiary/aromatic N) is 3. The van der Waals surface area contributed by atoms with Crippen LogP contribution in [0.4, 0.5) is 4.79 Å². The minimum absolute atomic E-state index is 0.0775. The number of hydrogen-bond acceptors (Lipinski definition) is 9. The molecule has 12 heteroatoms. The van der Waals surface area contributed by atoms with E-state index in [1.54, 1.807) is 6.92 Å². The number of carbonyl (C=O) groups excluding carboxylic acids is 1. The maximum Gasteiger partial charge on any atom is 0.410 e. The Kier molecular flexibility index (Phi) is 15.7. The molecule has 0 aromatic heterocycles. The minimum Gasteiger partial charge on any atom is -0.444 e. The summed E-state index contributed by atoms with van der Waals surface area (Å²) < 4.78 is 17.4. The van der Waals surface area contributed by atoms with E-state index < -0.39 is 17.8 Å². The van der Waals surface area contributed by atoms with E-state index in [4.69, 9.17) is 37.4 Å². The molecule has 10 nitrogen and oxygen atoms in total. The molecule has 4 aliphatic rings. The Labute approximate surface area is 327 Å². The van der Waals surface area contributed by atoms with Crippen LogP contribution < -0.4 is 5.32 Å². The smallest absolute Gasteiger partial charge is 0.410 e. The van der Waals surface area contributed by atoms with Gasteiger partial charge in [0.25, 0.3) is 0 Å². The number of carbonyl (C=O) groups is 1. The average Bonchev–Trinajstić information content (AvgIpc) is 3.13. The van der Waals surface area contributed by atoms with Crippen molar-refractivity contribution in [1.82, 2.24) is 20.0 Å². The maximum atomic E-state index is 12.4. The zero-order valence-electron chi connectivity index (χ0n) is 32.3. The van der Waals surface area contributed by atoms with Crippen LogP contribution in [0.1, 0.15) is 71.4 Å². The summed E-state index contributed by atoms with van der Waals surface area (Å²) in [6, 6.07) is 17.6. The van der Waals surface area contributed by atoms with Crippen molar-refractivity contribution in [2.75, 3.05) is 52.5 Å². The summed E-state index contributed by atoms with van der Waals surface area (Å²) in [6.45, 7) is 15.6. The van der Waals surface area contributed by atoms with Gasteiger partial charge in [0.15, 0.2) is 0 Å². The first-order valence-corrected chi connectivity index (χ1v) is 20.3. The SMILES string of the molecule is CC(O)[C@H]1CN(C2CCN(C(=O)OC(C)(C)C)CC2)[C@@H](Cc2ccc(Cl)cc2)CO1.CC(O)[C@H]1CN(C2CCNCC2)[C@@H](Cc2ccc(Cl)cc2)CO1. The molecule has 6 rings (SSSR count). The van der Waals surface area contributed by atoms with Gasteiger partial charge in [0.1, 0.15) is 5.60 Å². The van der Waals surface area contributed by atoms with Gasteiger partial charge in [-0.1, -0.05) is 47.5 Å². The molecule has 4 aliphatic heterocycles. The van der Waals surface area contributed by atoms with Crippen LogP contribution >= 0.6 is 23.2 Å². The van der Waals surface area contributed by atoms with Crippen LogP contribution in [0, 0.1) is 0 Å². The highest BCUT2D eigenvalue weighted by molar-refractivity contribution is 6.30. The number of hydrogen-bond donors (Lipinski definition) is 3. The van der Waals surface area contributed by atoms with E-state index in [-0.39, 0.29) is 24.3 Å². The van der Waals surface area contributed by atoms with E-state index in [1.807, 2.05) is 56.9 Å². The number of halogens is 2. The second-order valence-corrected chi connectivity index (χ2v) is 17.1. The van der Waals surface area contributed by atoms with Crippen LogP contribution in [-0.2, 0) is 27.1 Å². The molecule has 2 unspecified atom stereocenters. The van der Waals surface area contributed by atoms with E-state index in [1.165, 1.54) is 24.0 Å². The Morgan fingerprint density at radius 3 is 1.58 bits per heavy atom. The number of amides is 1. The van der Waals surface area contributed by atoms with Crippen molar-refractivity contribution in [3.05, 3.63) is 69.7 Å². The molecule has 0 spiro atoms. The van der Waals surface area contributed by atoms with Gasteiger partial charge in [0.05, 0.1) is 37.6 Å². The number of piperidine rings is 2. The first kappa shape index (κ1) is 42.2. The number of morpholine rings is 2. The summed E-state index contributed by atoms with van der Waals surface area (Å²) in [5.41, 5.74) is 2.03. The lowest BCUT2D eigenvalue weighted by molar-refractivity contribution is -0.122. The summed E-state index contributed by atoms with van der Waals surface area (Å²) in [4.78, 5) is 19.3. The van der Waals surface area contributed by atoms with Crippen molar-refractivity contribution in [3.63, 3.8) is 0 Å². The van der Waals surface area contributed by atoms with Crippen LogP contribution in [0.3, 0.4) is 0 Å². The summed E-state index contributed by atoms with van der Waals surface area (Å²) in [6.07, 6.45) is 4.54. The molecule has 2 aromatic rings. The predicted octanol–water partition coefficient (Wildman–Crippen LogP) is 5.82. The van der Waals surface area contributed by atoms with Crippen molar-refractivity contribution in [3.8, 4) is 0 Å². The molecular weight excluding hydrogens is 715 g/mol. The second kappa shape index (κ2) is 19.7. The highest BCUT2D eigenvalue weighted by Gasteiger charge is 2.38. The lowest BCUT2D eigenvalue weighted by atomic mass is 9.95. The first-order valence-electron chi connectivity index (χ1n) is 19.5. The lowest BCUT2D eigenvalue weighted by Gasteiger charge is -2.47. The number of nitrogens with one attached hydrogen (secondary N) is 1. The second-order valence-electron chi connectivity index (χ2n) is 16.3. The van der Waals surface area contributed by atoms with Gasteiger partial charge in [-0.2, -0.15) is 0 Å². The number of benzene rings is 2. The molecule has 2 aromatic carbocycles. The van der Waals surface area contributed by atoms with Crippen molar-refractivity contribution >= 4 is 29.3 Å². The summed E-state index contributed by atoms with van der Waals surface area (Å²) in [5, 5.41) is 25.0. The summed E-state index contributed by atoms with van der Waals surface area (Å²) in [5.74, 6) is 0. The molecule has 3 N–H and O–H groups in total. The topological polar surface area (TPSA) is 107 Å². The average molecular weight is 778 g/mol. The van der Waals surface area contributed by atoms with Gasteiger partial charge in [0, 0.05) is 60.4 Å². The van der Waals surface area contributed by atoms with E-state index in [9.17, 15) is 15.0 Å². The van der Waals surface area contributed by atoms with Crippen LogP contribution in [-0.4, -0.2) is 138 Å². The van der Waals surface area contributed by atoms with Crippen LogP contribution in [0.5, 0.6) is 0 Å². The van der Waals surface area contributed by atoms with Gasteiger partial charge < -0.3 is 34.6 Å². The Bertz CT molecular complexity index is 1390. The monoisotopic (exact) mass is 776 g/mol. The molecule has 0 bridgehead atoms. The molecule has 4 saturated heterocycles. The molecule has 6 atom stereocenters. The quantitative estimate of drug-likeness (QED) is 0.306. The normalized spacial score (nSPS) is 26.7. The maximum absolute atomic E-state index is 12.4. The molecule has 0 aliphatic carbocycles. The van der Waals surface area contributed by atoms with Gasteiger partial charge in [-0.15, -0.1) is 0 Å². The van der Waals surface area contributed by atoms with Gasteiger partial charge in [-0.25, -0.2) is 4.79 Å². The third kappa shape index (κ3) is 12.8. The molecule has 4 heterocycles. The molecular formula is C41H62Cl2N4O6. The van der Waals surface area contributed by atoms with E-state index in [0.717, 1.165) is 55.4 Å². The van der Waals surface area contributed by atoms with Crippen molar-refractivity contribution in [1.29, 1.82) is 0 Å². The fraction of sp³-hybridized carbons (Fsp3) is 0.683. The van der Waals surface area contributed by atoms with Crippen molar-refractivity contribution in [2.24, 2.45) is 0 Å². The number of rotatable bonds is 8. The van der Waals surface area contributed by atoms with Crippen LogP contribution in [0.25, 0.3) is 0 Å². The molecule has 0 saturated carbocycles.